The minimum absolute atomic E-state index is 0.166. The number of hydrogen-bond donors (Lipinski definition) is 1. The van der Waals surface area contributed by atoms with Crippen molar-refractivity contribution in [1.29, 1.82) is 0 Å². The Labute approximate surface area is 261 Å². The van der Waals surface area contributed by atoms with Gasteiger partial charge in [-0.3, -0.25) is 9.69 Å². The molecule has 0 atom stereocenters. The van der Waals surface area contributed by atoms with E-state index in [1.807, 2.05) is 84.9 Å². The summed E-state index contributed by atoms with van der Waals surface area (Å²) in [4.78, 5) is 14.2. The van der Waals surface area contributed by atoms with Gasteiger partial charge in [-0.1, -0.05) is 103 Å². The van der Waals surface area contributed by atoms with Gasteiger partial charge in [0.05, 0.1) is 28.1 Å². The van der Waals surface area contributed by atoms with E-state index in [4.69, 9.17) is 16.3 Å². The van der Waals surface area contributed by atoms with Crippen molar-refractivity contribution in [2.75, 3.05) is 13.2 Å². The van der Waals surface area contributed by atoms with Gasteiger partial charge >= 0.3 is 12.1 Å². The Morgan fingerprint density at radius 1 is 0.909 bits per heavy atom. The first-order chi connectivity index (χ1) is 21.1. The van der Waals surface area contributed by atoms with Crippen molar-refractivity contribution < 1.29 is 27.8 Å². The lowest BCUT2D eigenvalue weighted by Gasteiger charge is -2.43. The summed E-state index contributed by atoms with van der Waals surface area (Å²) in [5, 5.41) is 9.55. The van der Waals surface area contributed by atoms with Crippen LogP contribution in [0.3, 0.4) is 0 Å². The number of alkyl halides is 3. The van der Waals surface area contributed by atoms with Crippen LogP contribution < -0.4 is 4.74 Å². The van der Waals surface area contributed by atoms with E-state index < -0.39 is 28.7 Å². The van der Waals surface area contributed by atoms with Crippen molar-refractivity contribution in [2.24, 2.45) is 0 Å². The average Bonchev–Trinajstić information content (AvgIpc) is 2.99. The van der Waals surface area contributed by atoms with Gasteiger partial charge < -0.3 is 9.84 Å². The zero-order valence-corrected chi connectivity index (χ0v) is 25.2. The Morgan fingerprint density at radius 3 is 2.07 bits per heavy atom. The fourth-order valence-electron chi connectivity index (χ4n) is 6.13. The Balaban J connectivity index is 1.43. The lowest BCUT2D eigenvalue weighted by molar-refractivity contribution is -0.147. The number of hydrogen-bond acceptors (Lipinski definition) is 3. The molecule has 0 spiro atoms. The van der Waals surface area contributed by atoms with Gasteiger partial charge in [0.2, 0.25) is 0 Å². The van der Waals surface area contributed by atoms with Gasteiger partial charge in [-0.05, 0) is 66.6 Å². The van der Waals surface area contributed by atoms with Gasteiger partial charge in [0.1, 0.15) is 5.75 Å². The molecule has 1 aliphatic rings. The number of halogens is 4. The molecular formula is C36H35ClF3NO3. The third-order valence-corrected chi connectivity index (χ3v) is 9.34. The molecule has 4 aromatic rings. The van der Waals surface area contributed by atoms with Crippen LogP contribution in [0.5, 0.6) is 5.75 Å². The maximum Gasteiger partial charge on any atom is 0.417 e. The predicted molar refractivity (Wildman–Crippen MR) is 166 cm³/mol. The van der Waals surface area contributed by atoms with Crippen LogP contribution >= 0.6 is 11.6 Å². The molecule has 8 heteroatoms. The van der Waals surface area contributed by atoms with Crippen molar-refractivity contribution >= 4 is 17.6 Å². The number of aliphatic carboxylic acids is 1. The smallest absolute Gasteiger partial charge is 0.417 e. The van der Waals surface area contributed by atoms with Crippen LogP contribution in [0.2, 0.25) is 5.02 Å². The monoisotopic (exact) mass is 621 g/mol. The van der Waals surface area contributed by atoms with E-state index in [1.165, 1.54) is 6.07 Å². The zero-order valence-electron chi connectivity index (χ0n) is 24.5. The molecule has 1 N–H and O–H groups in total. The average molecular weight is 622 g/mol. The molecule has 5 rings (SSSR count). The Hall–Kier alpha value is -3.81. The molecule has 44 heavy (non-hydrogen) atoms. The lowest BCUT2D eigenvalue weighted by Crippen LogP contribution is -2.45. The molecule has 1 fully saturated rings. The molecule has 1 saturated carbocycles. The molecule has 4 nitrogen and oxygen atoms in total. The molecule has 0 unspecified atom stereocenters. The van der Waals surface area contributed by atoms with Crippen LogP contribution in [0.15, 0.2) is 103 Å². The first kappa shape index (κ1) is 31.6. The normalized spacial score (nSPS) is 14.7. The van der Waals surface area contributed by atoms with E-state index >= 15 is 0 Å². The molecular weight excluding hydrogens is 587 g/mol. The Kier molecular flexibility index (Phi) is 9.37. The Morgan fingerprint density at radius 2 is 1.52 bits per heavy atom. The summed E-state index contributed by atoms with van der Waals surface area (Å²) in [6.45, 7) is 3.05. The standard InChI is InChI=1S/C36H35ClF3NO3/c1-34(27-13-4-2-5-14-27,28-15-6-3-7-16-28)41(25-26-12-8-19-31(32(26)37)36(38,39)40)22-11-23-44-30-18-9-17-29(24-30)35(33(42)43)20-10-21-35/h2-9,12-19,24H,10-11,20-23,25H2,1H3,(H,42,43). The highest BCUT2D eigenvalue weighted by Crippen LogP contribution is 2.45. The van der Waals surface area contributed by atoms with E-state index in [0.29, 0.717) is 43.7 Å². The van der Waals surface area contributed by atoms with E-state index in [-0.39, 0.29) is 11.6 Å². The van der Waals surface area contributed by atoms with E-state index in [0.717, 1.165) is 29.2 Å². The summed E-state index contributed by atoms with van der Waals surface area (Å²) in [7, 11) is 0. The van der Waals surface area contributed by atoms with Crippen LogP contribution in [0.1, 0.15) is 60.4 Å². The fraction of sp³-hybridized carbons (Fsp3) is 0.306. The van der Waals surface area contributed by atoms with Gasteiger partial charge in [-0.2, -0.15) is 13.2 Å². The highest BCUT2D eigenvalue weighted by molar-refractivity contribution is 6.32. The summed E-state index contributed by atoms with van der Waals surface area (Å²) < 4.78 is 47.4. The summed E-state index contributed by atoms with van der Waals surface area (Å²) in [6, 6.07) is 31.1. The van der Waals surface area contributed by atoms with Gasteiger partial charge in [0.15, 0.2) is 0 Å². The topological polar surface area (TPSA) is 49.8 Å². The van der Waals surface area contributed by atoms with Gasteiger partial charge in [0.25, 0.3) is 0 Å². The Bertz CT molecular complexity index is 1530. The van der Waals surface area contributed by atoms with E-state index in [1.54, 1.807) is 6.07 Å². The molecule has 0 heterocycles. The van der Waals surface area contributed by atoms with Crippen molar-refractivity contribution in [1.82, 2.24) is 4.90 Å². The van der Waals surface area contributed by atoms with Crippen LogP contribution in [0, 0.1) is 0 Å². The molecule has 0 bridgehead atoms. The molecule has 4 aromatic carbocycles. The number of benzene rings is 4. The first-order valence-corrected chi connectivity index (χ1v) is 15.1. The van der Waals surface area contributed by atoms with Crippen molar-refractivity contribution in [2.45, 2.75) is 56.3 Å². The summed E-state index contributed by atoms with van der Waals surface area (Å²) >= 11 is 6.40. The molecule has 1 aliphatic carbocycles. The largest absolute Gasteiger partial charge is 0.494 e. The number of carboxylic acids is 1. The van der Waals surface area contributed by atoms with E-state index in [9.17, 15) is 23.1 Å². The molecule has 0 amide bonds. The van der Waals surface area contributed by atoms with Crippen LogP contribution in [-0.2, 0) is 28.5 Å². The highest BCUT2D eigenvalue weighted by atomic mass is 35.5. The summed E-state index contributed by atoms with van der Waals surface area (Å²) in [5.41, 5.74) is 0.686. The minimum Gasteiger partial charge on any atom is -0.494 e. The predicted octanol–water partition coefficient (Wildman–Crippen LogP) is 9.10. The minimum atomic E-state index is -4.57. The molecule has 0 saturated heterocycles. The van der Waals surface area contributed by atoms with Crippen LogP contribution in [-0.4, -0.2) is 29.1 Å². The quantitative estimate of drug-likeness (QED) is 0.160. The first-order valence-electron chi connectivity index (χ1n) is 14.7. The molecule has 230 valence electrons. The molecule has 0 aliphatic heterocycles. The number of carboxylic acid groups (broad SMARTS) is 1. The van der Waals surface area contributed by atoms with Crippen molar-refractivity contribution in [3.63, 3.8) is 0 Å². The number of carbonyl (C=O) groups is 1. The maximum atomic E-state index is 13.8. The number of rotatable bonds is 12. The second-order valence-corrected chi connectivity index (χ2v) is 11.9. The highest BCUT2D eigenvalue weighted by Gasteiger charge is 2.46. The second-order valence-electron chi connectivity index (χ2n) is 11.5. The molecule has 0 aromatic heterocycles. The van der Waals surface area contributed by atoms with Crippen LogP contribution in [0.25, 0.3) is 0 Å². The summed E-state index contributed by atoms with van der Waals surface area (Å²) in [6.07, 6.45) is -1.92. The number of ether oxygens (including phenoxy) is 1. The SMILES string of the molecule is CC(c1ccccc1)(c1ccccc1)N(CCCOc1cccc(C2(C(=O)O)CCC2)c1)Cc1cccc(C(F)(F)F)c1Cl. The third-order valence-electron chi connectivity index (χ3n) is 8.89. The van der Waals surface area contributed by atoms with E-state index in [2.05, 4.69) is 11.8 Å². The summed E-state index contributed by atoms with van der Waals surface area (Å²) in [5.74, 6) is -0.220. The van der Waals surface area contributed by atoms with Crippen LogP contribution in [0.4, 0.5) is 13.2 Å². The molecule has 0 radical (unpaired) electrons. The third kappa shape index (κ3) is 6.35. The lowest BCUT2D eigenvalue weighted by atomic mass is 9.64. The zero-order chi connectivity index (χ0) is 31.4. The van der Waals surface area contributed by atoms with Crippen molar-refractivity contribution in [3.8, 4) is 5.75 Å². The van der Waals surface area contributed by atoms with Crippen molar-refractivity contribution in [3.05, 3.63) is 136 Å². The van der Waals surface area contributed by atoms with Gasteiger partial charge in [-0.25, -0.2) is 0 Å². The second kappa shape index (κ2) is 13.0. The maximum absolute atomic E-state index is 13.8. The van der Waals surface area contributed by atoms with Gasteiger partial charge in [-0.15, -0.1) is 0 Å². The van der Waals surface area contributed by atoms with Gasteiger partial charge in [0, 0.05) is 13.1 Å². The fourth-order valence-corrected chi connectivity index (χ4v) is 6.42. The number of nitrogens with zero attached hydrogens (tertiary/aromatic N) is 1.